The van der Waals surface area contributed by atoms with Crippen LogP contribution in [0.15, 0.2) is 30.4 Å². The Kier molecular flexibility index (Phi) is 5.45. The van der Waals surface area contributed by atoms with Gasteiger partial charge in [0, 0.05) is 0 Å². The molecule has 2 heteroatoms. The van der Waals surface area contributed by atoms with E-state index < -0.39 is 0 Å². The number of benzene rings is 1. The average Bonchev–Trinajstić information content (AvgIpc) is 2.43. The number of hydrogen-bond donors (Lipinski definition) is 0. The molecule has 1 fully saturated rings. The van der Waals surface area contributed by atoms with Gasteiger partial charge in [0.15, 0.2) is 0 Å². The van der Waals surface area contributed by atoms with Crippen LogP contribution >= 0.6 is 11.6 Å². The van der Waals surface area contributed by atoms with Gasteiger partial charge >= 0.3 is 0 Å². The molecule has 19 heavy (non-hydrogen) atoms. The Morgan fingerprint density at radius 1 is 1.37 bits per heavy atom. The smallest absolute Gasteiger partial charge is 0.141 e. The van der Waals surface area contributed by atoms with Crippen molar-refractivity contribution in [3.8, 4) is 0 Å². The first kappa shape index (κ1) is 14.6. The van der Waals surface area contributed by atoms with Crippen LogP contribution in [0.25, 0.3) is 0 Å². The molecule has 0 radical (unpaired) electrons. The minimum absolute atomic E-state index is 0.251. The topological polar surface area (TPSA) is 0 Å². The lowest BCUT2D eigenvalue weighted by atomic mass is 9.78. The standard InChI is InChI=1S/C17H22ClF/c1-2-3-4-6-13-7-5-8-14(11-13)15-9-10-17(19)16(18)12-15/h4,6,9-10,12-14H,2-3,5,7-8,11H2,1H3. The Balaban J connectivity index is 2.02. The van der Waals surface area contributed by atoms with Crippen LogP contribution in [0.2, 0.25) is 5.02 Å². The molecule has 0 saturated heterocycles. The summed E-state index contributed by atoms with van der Waals surface area (Å²) in [7, 11) is 0. The van der Waals surface area contributed by atoms with E-state index in [1.165, 1.54) is 50.2 Å². The molecular weight excluding hydrogens is 259 g/mol. The zero-order chi connectivity index (χ0) is 13.7. The summed E-state index contributed by atoms with van der Waals surface area (Å²) in [5.41, 5.74) is 1.19. The van der Waals surface area contributed by atoms with Crippen molar-refractivity contribution in [2.75, 3.05) is 0 Å². The van der Waals surface area contributed by atoms with E-state index in [0.717, 1.165) is 0 Å². The van der Waals surface area contributed by atoms with Gasteiger partial charge in [0.05, 0.1) is 5.02 Å². The van der Waals surface area contributed by atoms with Crippen molar-refractivity contribution < 1.29 is 4.39 Å². The Morgan fingerprint density at radius 3 is 2.95 bits per heavy atom. The summed E-state index contributed by atoms with van der Waals surface area (Å²) in [5, 5.41) is 0.251. The molecule has 1 aliphatic rings. The van der Waals surface area contributed by atoms with Crippen LogP contribution in [-0.4, -0.2) is 0 Å². The molecule has 104 valence electrons. The van der Waals surface area contributed by atoms with Crippen LogP contribution in [0.3, 0.4) is 0 Å². The zero-order valence-electron chi connectivity index (χ0n) is 11.5. The van der Waals surface area contributed by atoms with Crippen LogP contribution in [0.1, 0.15) is 56.9 Å². The molecule has 0 amide bonds. The number of rotatable bonds is 4. The highest BCUT2D eigenvalue weighted by atomic mass is 35.5. The predicted molar refractivity (Wildman–Crippen MR) is 80.2 cm³/mol. The van der Waals surface area contributed by atoms with Gasteiger partial charge in [0.2, 0.25) is 0 Å². The van der Waals surface area contributed by atoms with Gasteiger partial charge in [-0.05, 0) is 55.2 Å². The first-order chi connectivity index (χ1) is 9.20. The normalized spacial score (nSPS) is 23.9. The second-order valence-electron chi connectivity index (χ2n) is 5.51. The zero-order valence-corrected chi connectivity index (χ0v) is 12.3. The first-order valence-electron chi connectivity index (χ1n) is 7.32. The Hall–Kier alpha value is -0.820. The summed E-state index contributed by atoms with van der Waals surface area (Å²) in [6.07, 6.45) is 12.0. The van der Waals surface area contributed by atoms with Crippen molar-refractivity contribution in [1.82, 2.24) is 0 Å². The molecular formula is C17H22ClF. The molecule has 1 aliphatic carbocycles. The third-order valence-electron chi connectivity index (χ3n) is 3.99. The lowest BCUT2D eigenvalue weighted by molar-refractivity contribution is 0.372. The van der Waals surface area contributed by atoms with Gasteiger partial charge in [0.1, 0.15) is 5.82 Å². The van der Waals surface area contributed by atoms with Gasteiger partial charge < -0.3 is 0 Å². The van der Waals surface area contributed by atoms with Crippen molar-refractivity contribution >= 4 is 11.6 Å². The van der Waals surface area contributed by atoms with Gasteiger partial charge in [0.25, 0.3) is 0 Å². The van der Waals surface area contributed by atoms with E-state index in [1.54, 1.807) is 6.07 Å². The van der Waals surface area contributed by atoms with E-state index in [2.05, 4.69) is 19.1 Å². The maximum absolute atomic E-state index is 13.2. The van der Waals surface area contributed by atoms with Crippen molar-refractivity contribution in [3.63, 3.8) is 0 Å². The van der Waals surface area contributed by atoms with Crippen molar-refractivity contribution in [1.29, 1.82) is 0 Å². The Labute approximate surface area is 120 Å². The molecule has 0 nitrogen and oxygen atoms in total. The van der Waals surface area contributed by atoms with E-state index in [1.807, 2.05) is 6.07 Å². The number of hydrogen-bond acceptors (Lipinski definition) is 0. The summed E-state index contributed by atoms with van der Waals surface area (Å²) < 4.78 is 13.2. The quantitative estimate of drug-likeness (QED) is 0.584. The Bertz CT molecular complexity index is 439. The molecule has 0 N–H and O–H groups in total. The predicted octanol–water partition coefficient (Wildman–Crippen LogP) is 6.11. The molecule has 0 aliphatic heterocycles. The van der Waals surface area contributed by atoms with E-state index in [4.69, 9.17) is 11.6 Å². The largest absolute Gasteiger partial charge is 0.205 e. The van der Waals surface area contributed by atoms with Crippen LogP contribution in [0.4, 0.5) is 4.39 Å². The Morgan fingerprint density at radius 2 is 2.21 bits per heavy atom. The molecule has 1 aromatic rings. The molecule has 1 saturated carbocycles. The average molecular weight is 281 g/mol. The molecule has 1 aromatic carbocycles. The van der Waals surface area contributed by atoms with Gasteiger partial charge in [-0.15, -0.1) is 0 Å². The first-order valence-corrected chi connectivity index (χ1v) is 7.70. The molecule has 2 unspecified atom stereocenters. The van der Waals surface area contributed by atoms with Crippen molar-refractivity contribution in [3.05, 3.63) is 46.8 Å². The van der Waals surface area contributed by atoms with Crippen LogP contribution < -0.4 is 0 Å². The summed E-state index contributed by atoms with van der Waals surface area (Å²) in [4.78, 5) is 0. The summed E-state index contributed by atoms with van der Waals surface area (Å²) in [6, 6.07) is 5.19. The minimum atomic E-state index is -0.319. The fourth-order valence-corrected chi connectivity index (χ4v) is 3.12. The van der Waals surface area contributed by atoms with E-state index in [0.29, 0.717) is 11.8 Å². The number of allylic oxidation sites excluding steroid dienone is 2. The molecule has 0 aromatic heterocycles. The van der Waals surface area contributed by atoms with Gasteiger partial charge in [-0.1, -0.05) is 49.6 Å². The van der Waals surface area contributed by atoms with Crippen LogP contribution in [-0.2, 0) is 0 Å². The molecule has 0 heterocycles. The van der Waals surface area contributed by atoms with E-state index >= 15 is 0 Å². The SMILES string of the molecule is CCCC=CC1CCCC(c2ccc(F)c(Cl)c2)C1. The molecule has 2 rings (SSSR count). The monoisotopic (exact) mass is 280 g/mol. The number of halogens is 2. The number of unbranched alkanes of at least 4 members (excludes halogenated alkanes) is 1. The molecule has 0 bridgehead atoms. The molecule has 2 atom stereocenters. The minimum Gasteiger partial charge on any atom is -0.205 e. The maximum atomic E-state index is 13.2. The fraction of sp³-hybridized carbons (Fsp3) is 0.529. The van der Waals surface area contributed by atoms with Gasteiger partial charge in [-0.25, -0.2) is 4.39 Å². The summed E-state index contributed by atoms with van der Waals surface area (Å²) >= 11 is 5.88. The van der Waals surface area contributed by atoms with Gasteiger partial charge in [-0.2, -0.15) is 0 Å². The third kappa shape index (κ3) is 4.07. The van der Waals surface area contributed by atoms with Gasteiger partial charge in [-0.3, -0.25) is 0 Å². The molecule has 0 spiro atoms. The van der Waals surface area contributed by atoms with Crippen molar-refractivity contribution in [2.24, 2.45) is 5.92 Å². The fourth-order valence-electron chi connectivity index (χ4n) is 2.93. The summed E-state index contributed by atoms with van der Waals surface area (Å²) in [6.45, 7) is 2.20. The lowest BCUT2D eigenvalue weighted by Crippen LogP contribution is -2.12. The van der Waals surface area contributed by atoms with E-state index in [9.17, 15) is 4.39 Å². The van der Waals surface area contributed by atoms with Crippen LogP contribution in [0.5, 0.6) is 0 Å². The van der Waals surface area contributed by atoms with E-state index in [-0.39, 0.29) is 10.8 Å². The lowest BCUT2D eigenvalue weighted by Gasteiger charge is -2.27. The second-order valence-corrected chi connectivity index (χ2v) is 5.92. The highest BCUT2D eigenvalue weighted by Crippen LogP contribution is 2.37. The highest BCUT2D eigenvalue weighted by Gasteiger charge is 2.22. The summed E-state index contributed by atoms with van der Waals surface area (Å²) in [5.74, 6) is 0.887. The second kappa shape index (κ2) is 7.09. The highest BCUT2D eigenvalue weighted by molar-refractivity contribution is 6.30. The third-order valence-corrected chi connectivity index (χ3v) is 4.28. The maximum Gasteiger partial charge on any atom is 0.141 e. The van der Waals surface area contributed by atoms with Crippen LogP contribution in [0, 0.1) is 11.7 Å². The van der Waals surface area contributed by atoms with Crippen molar-refractivity contribution in [2.45, 2.75) is 51.4 Å².